The fourth-order valence-corrected chi connectivity index (χ4v) is 2.26. The van der Waals surface area contributed by atoms with E-state index in [9.17, 15) is 4.79 Å². The molecule has 1 heterocycles. The van der Waals surface area contributed by atoms with Gasteiger partial charge < -0.3 is 10.1 Å². The summed E-state index contributed by atoms with van der Waals surface area (Å²) in [5.41, 5.74) is 2.65. The van der Waals surface area contributed by atoms with Crippen LogP contribution in [0.4, 0.5) is 5.82 Å². The summed E-state index contributed by atoms with van der Waals surface area (Å²) in [7, 11) is 0. The third kappa shape index (κ3) is 4.20. The van der Waals surface area contributed by atoms with Crippen LogP contribution in [0.5, 0.6) is 5.75 Å². The summed E-state index contributed by atoms with van der Waals surface area (Å²) in [6, 6.07) is 20.7. The summed E-state index contributed by atoms with van der Waals surface area (Å²) in [6.45, 7) is 2.42. The largest absolute Gasteiger partial charge is 0.489 e. The Hall–Kier alpha value is -3.14. The number of carbonyl (C=O) groups is 1. The summed E-state index contributed by atoms with van der Waals surface area (Å²) < 4.78 is 5.76. The summed E-state index contributed by atoms with van der Waals surface area (Å²) in [5.74, 6) is 0.984. The lowest BCUT2D eigenvalue weighted by atomic mass is 10.2. The van der Waals surface area contributed by atoms with Crippen molar-refractivity contribution in [2.75, 3.05) is 5.32 Å². The zero-order valence-electron chi connectivity index (χ0n) is 13.4. The molecule has 3 aromatic rings. The maximum Gasteiger partial charge on any atom is 0.256 e. The van der Waals surface area contributed by atoms with Crippen LogP contribution in [-0.2, 0) is 6.61 Å². The number of aryl methyl sites for hydroxylation is 1. The second kappa shape index (κ2) is 7.42. The standard InChI is InChI=1S/C20H18N2O2/c1-15-10-11-21-19(12-15)22-20(23)17-8-5-9-18(13-17)24-14-16-6-3-2-4-7-16/h2-13H,14H2,1H3,(H,21,22,23). The highest BCUT2D eigenvalue weighted by Gasteiger charge is 2.08. The molecule has 1 aromatic heterocycles. The monoisotopic (exact) mass is 318 g/mol. The molecule has 0 atom stereocenters. The van der Waals surface area contributed by atoms with Gasteiger partial charge >= 0.3 is 0 Å². The third-order valence-electron chi connectivity index (χ3n) is 3.50. The number of nitrogens with zero attached hydrogens (tertiary/aromatic N) is 1. The molecule has 4 nitrogen and oxygen atoms in total. The Morgan fingerprint density at radius 3 is 2.67 bits per heavy atom. The highest BCUT2D eigenvalue weighted by atomic mass is 16.5. The minimum atomic E-state index is -0.210. The van der Waals surface area contributed by atoms with E-state index in [2.05, 4.69) is 10.3 Å². The fraction of sp³-hybridized carbons (Fsp3) is 0.100. The second-order valence-electron chi connectivity index (χ2n) is 5.47. The van der Waals surface area contributed by atoms with Crippen LogP contribution in [0.3, 0.4) is 0 Å². The maximum absolute atomic E-state index is 12.3. The van der Waals surface area contributed by atoms with Gasteiger partial charge in [0.2, 0.25) is 0 Å². The third-order valence-corrected chi connectivity index (χ3v) is 3.50. The van der Waals surface area contributed by atoms with E-state index < -0.39 is 0 Å². The van der Waals surface area contributed by atoms with Gasteiger partial charge in [-0.3, -0.25) is 4.79 Å². The first-order valence-electron chi connectivity index (χ1n) is 7.71. The van der Waals surface area contributed by atoms with Gasteiger partial charge in [0.05, 0.1) is 0 Å². The van der Waals surface area contributed by atoms with Crippen LogP contribution in [-0.4, -0.2) is 10.9 Å². The van der Waals surface area contributed by atoms with E-state index in [-0.39, 0.29) is 5.91 Å². The minimum absolute atomic E-state index is 0.210. The van der Waals surface area contributed by atoms with Crippen LogP contribution in [0.25, 0.3) is 0 Å². The van der Waals surface area contributed by atoms with Gasteiger partial charge in [0.25, 0.3) is 5.91 Å². The van der Waals surface area contributed by atoms with E-state index >= 15 is 0 Å². The Balaban J connectivity index is 1.67. The molecule has 0 unspecified atom stereocenters. The summed E-state index contributed by atoms with van der Waals surface area (Å²) in [5, 5.41) is 2.79. The van der Waals surface area contributed by atoms with Crippen molar-refractivity contribution in [3.8, 4) is 5.75 Å². The van der Waals surface area contributed by atoms with Gasteiger partial charge in [0.1, 0.15) is 18.2 Å². The zero-order chi connectivity index (χ0) is 16.8. The number of pyridine rings is 1. The number of hydrogen-bond donors (Lipinski definition) is 1. The zero-order valence-corrected chi connectivity index (χ0v) is 13.4. The molecule has 1 N–H and O–H groups in total. The van der Waals surface area contributed by atoms with Gasteiger partial charge in [-0.2, -0.15) is 0 Å². The Bertz CT molecular complexity index is 832. The number of benzene rings is 2. The quantitative estimate of drug-likeness (QED) is 0.766. The molecule has 0 spiro atoms. The molecule has 1 amide bonds. The van der Waals surface area contributed by atoms with Crippen molar-refractivity contribution in [3.05, 3.63) is 89.6 Å². The van der Waals surface area contributed by atoms with E-state index in [1.807, 2.05) is 55.5 Å². The number of nitrogens with one attached hydrogen (secondary N) is 1. The predicted octanol–water partition coefficient (Wildman–Crippen LogP) is 4.22. The number of aromatic nitrogens is 1. The van der Waals surface area contributed by atoms with E-state index in [1.54, 1.807) is 24.4 Å². The first-order chi connectivity index (χ1) is 11.7. The Kier molecular flexibility index (Phi) is 4.87. The predicted molar refractivity (Wildman–Crippen MR) is 94.1 cm³/mol. The molecule has 0 saturated carbocycles. The van der Waals surface area contributed by atoms with Crippen LogP contribution in [0, 0.1) is 6.92 Å². The first-order valence-corrected chi connectivity index (χ1v) is 7.71. The minimum Gasteiger partial charge on any atom is -0.489 e. The molecule has 0 aliphatic heterocycles. The molecule has 120 valence electrons. The Morgan fingerprint density at radius 2 is 1.88 bits per heavy atom. The van der Waals surface area contributed by atoms with Crippen molar-refractivity contribution in [1.29, 1.82) is 0 Å². The lowest BCUT2D eigenvalue weighted by Gasteiger charge is -2.09. The van der Waals surface area contributed by atoms with Crippen LogP contribution >= 0.6 is 0 Å². The summed E-state index contributed by atoms with van der Waals surface area (Å²) in [6.07, 6.45) is 1.67. The van der Waals surface area contributed by atoms with Crippen molar-refractivity contribution >= 4 is 11.7 Å². The van der Waals surface area contributed by atoms with Gasteiger partial charge in [0.15, 0.2) is 0 Å². The van der Waals surface area contributed by atoms with E-state index in [1.165, 1.54) is 0 Å². The van der Waals surface area contributed by atoms with E-state index in [0.717, 1.165) is 11.1 Å². The van der Waals surface area contributed by atoms with Crippen LogP contribution in [0.15, 0.2) is 72.9 Å². The van der Waals surface area contributed by atoms with Crippen molar-refractivity contribution < 1.29 is 9.53 Å². The van der Waals surface area contributed by atoms with E-state index in [0.29, 0.717) is 23.7 Å². The van der Waals surface area contributed by atoms with Crippen molar-refractivity contribution in [2.45, 2.75) is 13.5 Å². The van der Waals surface area contributed by atoms with Gasteiger partial charge in [0, 0.05) is 11.8 Å². The topological polar surface area (TPSA) is 51.2 Å². The molecule has 24 heavy (non-hydrogen) atoms. The fourth-order valence-electron chi connectivity index (χ4n) is 2.26. The summed E-state index contributed by atoms with van der Waals surface area (Å²) in [4.78, 5) is 16.5. The highest BCUT2D eigenvalue weighted by Crippen LogP contribution is 2.16. The van der Waals surface area contributed by atoms with Crippen LogP contribution in [0.1, 0.15) is 21.5 Å². The molecule has 0 fully saturated rings. The molecule has 4 heteroatoms. The molecule has 0 aliphatic carbocycles. The van der Waals surface area contributed by atoms with Crippen molar-refractivity contribution in [2.24, 2.45) is 0 Å². The number of rotatable bonds is 5. The van der Waals surface area contributed by atoms with Gasteiger partial charge in [-0.1, -0.05) is 36.4 Å². The molecule has 3 rings (SSSR count). The number of hydrogen-bond acceptors (Lipinski definition) is 3. The average Bonchev–Trinajstić information content (AvgIpc) is 2.61. The SMILES string of the molecule is Cc1ccnc(NC(=O)c2cccc(OCc3ccccc3)c2)c1. The Morgan fingerprint density at radius 1 is 1.04 bits per heavy atom. The van der Waals surface area contributed by atoms with Gasteiger partial charge in [-0.15, -0.1) is 0 Å². The number of carbonyl (C=O) groups excluding carboxylic acids is 1. The molecule has 0 aliphatic rings. The number of ether oxygens (including phenoxy) is 1. The van der Waals surface area contributed by atoms with Crippen LogP contribution < -0.4 is 10.1 Å². The molecule has 0 saturated heterocycles. The lowest BCUT2D eigenvalue weighted by molar-refractivity contribution is 0.102. The van der Waals surface area contributed by atoms with E-state index in [4.69, 9.17) is 4.74 Å². The lowest BCUT2D eigenvalue weighted by Crippen LogP contribution is -2.13. The molecular weight excluding hydrogens is 300 g/mol. The second-order valence-corrected chi connectivity index (χ2v) is 5.47. The van der Waals surface area contributed by atoms with Crippen molar-refractivity contribution in [3.63, 3.8) is 0 Å². The Labute approximate surface area is 141 Å². The molecular formula is C20H18N2O2. The first kappa shape index (κ1) is 15.7. The highest BCUT2D eigenvalue weighted by molar-refractivity contribution is 6.04. The number of anilines is 1. The summed E-state index contributed by atoms with van der Waals surface area (Å²) >= 11 is 0. The molecule has 0 bridgehead atoms. The number of amides is 1. The molecule has 2 aromatic carbocycles. The van der Waals surface area contributed by atoms with Crippen LogP contribution in [0.2, 0.25) is 0 Å². The normalized spacial score (nSPS) is 10.2. The van der Waals surface area contributed by atoms with Crippen molar-refractivity contribution in [1.82, 2.24) is 4.98 Å². The smallest absolute Gasteiger partial charge is 0.256 e. The van der Waals surface area contributed by atoms with Gasteiger partial charge in [-0.25, -0.2) is 4.98 Å². The molecule has 0 radical (unpaired) electrons. The van der Waals surface area contributed by atoms with Gasteiger partial charge in [-0.05, 0) is 48.4 Å². The average molecular weight is 318 g/mol. The maximum atomic E-state index is 12.3.